The Morgan fingerprint density at radius 2 is 2.38 bits per heavy atom. The Kier molecular flexibility index (Phi) is 3.04. The molecule has 0 radical (unpaired) electrons. The quantitative estimate of drug-likeness (QED) is 0.805. The summed E-state index contributed by atoms with van der Waals surface area (Å²) in [5, 5.41) is 5.39. The van der Waals surface area contributed by atoms with E-state index in [-0.39, 0.29) is 11.5 Å². The summed E-state index contributed by atoms with van der Waals surface area (Å²) in [5.74, 6) is -0.183. The number of carbonyl (C=O) groups is 1. The number of hydrogen-bond donors (Lipinski definition) is 1. The lowest BCUT2D eigenvalue weighted by Crippen LogP contribution is -2.41. The van der Waals surface area contributed by atoms with E-state index in [4.69, 9.17) is 4.74 Å². The second kappa shape index (κ2) is 4.18. The summed E-state index contributed by atoms with van der Waals surface area (Å²) in [6.07, 6.45) is 0.913. The standard InChI is InChI=1S/C12H17NO2S/c1-4-15-11(14)9-7-16-10-8(9)5-6-13-12(10,2)3/h7,13H,4-6H2,1-3H3. The Bertz CT molecular complexity index is 409. The summed E-state index contributed by atoms with van der Waals surface area (Å²) >= 11 is 1.65. The number of esters is 1. The fourth-order valence-electron chi connectivity index (χ4n) is 2.12. The topological polar surface area (TPSA) is 38.3 Å². The van der Waals surface area contributed by atoms with Crippen LogP contribution in [0.25, 0.3) is 0 Å². The first-order valence-corrected chi connectivity index (χ1v) is 6.47. The molecular weight excluding hydrogens is 222 g/mol. The highest BCUT2D eigenvalue weighted by Crippen LogP contribution is 2.35. The average Bonchev–Trinajstić information content (AvgIpc) is 2.62. The van der Waals surface area contributed by atoms with Crippen LogP contribution in [0.1, 0.15) is 41.6 Å². The van der Waals surface area contributed by atoms with Crippen molar-refractivity contribution in [2.75, 3.05) is 13.2 Å². The summed E-state index contributed by atoms with van der Waals surface area (Å²) in [6.45, 7) is 7.49. The first-order valence-electron chi connectivity index (χ1n) is 5.59. The second-order valence-electron chi connectivity index (χ2n) is 4.48. The lowest BCUT2D eigenvalue weighted by Gasteiger charge is -2.31. The van der Waals surface area contributed by atoms with Crippen LogP contribution in [-0.2, 0) is 16.7 Å². The van der Waals surface area contributed by atoms with Gasteiger partial charge in [-0.3, -0.25) is 0 Å². The van der Waals surface area contributed by atoms with Crippen LogP contribution < -0.4 is 5.32 Å². The number of carbonyl (C=O) groups excluding carboxylic acids is 1. The van der Waals surface area contributed by atoms with Gasteiger partial charge >= 0.3 is 5.97 Å². The van der Waals surface area contributed by atoms with E-state index in [0.29, 0.717) is 6.61 Å². The van der Waals surface area contributed by atoms with Gasteiger partial charge in [-0.05, 0) is 32.8 Å². The number of rotatable bonds is 2. The van der Waals surface area contributed by atoms with Crippen LogP contribution in [0.2, 0.25) is 0 Å². The molecule has 0 unspecified atom stereocenters. The zero-order valence-electron chi connectivity index (χ0n) is 9.92. The van der Waals surface area contributed by atoms with Crippen LogP contribution in [0.15, 0.2) is 5.38 Å². The molecule has 4 heteroatoms. The van der Waals surface area contributed by atoms with Crippen molar-refractivity contribution in [3.05, 3.63) is 21.4 Å². The van der Waals surface area contributed by atoms with Gasteiger partial charge in [-0.2, -0.15) is 0 Å². The van der Waals surface area contributed by atoms with E-state index in [1.807, 2.05) is 12.3 Å². The molecule has 3 nitrogen and oxygen atoms in total. The molecular formula is C12H17NO2S. The smallest absolute Gasteiger partial charge is 0.339 e. The minimum absolute atomic E-state index is 0.0248. The largest absolute Gasteiger partial charge is 0.462 e. The molecule has 0 aromatic carbocycles. The molecule has 0 bridgehead atoms. The zero-order valence-corrected chi connectivity index (χ0v) is 10.7. The van der Waals surface area contributed by atoms with Crippen molar-refractivity contribution < 1.29 is 9.53 Å². The minimum Gasteiger partial charge on any atom is -0.462 e. The van der Waals surface area contributed by atoms with Crippen molar-refractivity contribution in [3.63, 3.8) is 0 Å². The van der Waals surface area contributed by atoms with Crippen LogP contribution in [0.5, 0.6) is 0 Å². The SMILES string of the molecule is CCOC(=O)c1csc2c1CCNC2(C)C. The van der Waals surface area contributed by atoms with Crippen molar-refractivity contribution in [1.29, 1.82) is 0 Å². The molecule has 1 aromatic rings. The molecule has 16 heavy (non-hydrogen) atoms. The molecule has 88 valence electrons. The maximum absolute atomic E-state index is 11.8. The highest BCUT2D eigenvalue weighted by Gasteiger charge is 2.31. The van der Waals surface area contributed by atoms with Crippen molar-refractivity contribution in [1.82, 2.24) is 5.32 Å². The van der Waals surface area contributed by atoms with Gasteiger partial charge in [0, 0.05) is 22.3 Å². The van der Waals surface area contributed by atoms with E-state index in [1.54, 1.807) is 11.3 Å². The van der Waals surface area contributed by atoms with E-state index in [0.717, 1.165) is 18.5 Å². The normalized spacial score (nSPS) is 17.9. The third-order valence-electron chi connectivity index (χ3n) is 2.90. The van der Waals surface area contributed by atoms with Crippen LogP contribution in [0.3, 0.4) is 0 Å². The highest BCUT2D eigenvalue weighted by atomic mass is 32.1. The summed E-state index contributed by atoms with van der Waals surface area (Å²) in [6, 6.07) is 0. The summed E-state index contributed by atoms with van der Waals surface area (Å²) < 4.78 is 5.07. The Hall–Kier alpha value is -0.870. The van der Waals surface area contributed by atoms with E-state index in [2.05, 4.69) is 19.2 Å². The number of ether oxygens (including phenoxy) is 1. The second-order valence-corrected chi connectivity index (χ2v) is 5.36. The van der Waals surface area contributed by atoms with Crippen molar-refractivity contribution in [2.24, 2.45) is 0 Å². The number of fused-ring (bicyclic) bond motifs is 1. The Balaban J connectivity index is 2.37. The molecule has 0 fully saturated rings. The van der Waals surface area contributed by atoms with Crippen molar-refractivity contribution in [3.8, 4) is 0 Å². The van der Waals surface area contributed by atoms with E-state index >= 15 is 0 Å². The average molecular weight is 239 g/mol. The summed E-state index contributed by atoms with van der Waals surface area (Å²) in [4.78, 5) is 13.0. The van der Waals surface area contributed by atoms with Crippen LogP contribution in [-0.4, -0.2) is 19.1 Å². The molecule has 2 heterocycles. The predicted octanol–water partition coefficient (Wildman–Crippen LogP) is 2.31. The number of hydrogen-bond acceptors (Lipinski definition) is 4. The zero-order chi connectivity index (χ0) is 11.8. The maximum Gasteiger partial charge on any atom is 0.339 e. The van der Waals surface area contributed by atoms with Gasteiger partial charge in [0.15, 0.2) is 0 Å². The minimum atomic E-state index is -0.183. The molecule has 0 amide bonds. The van der Waals surface area contributed by atoms with Gasteiger partial charge in [0.25, 0.3) is 0 Å². The third-order valence-corrected chi connectivity index (χ3v) is 4.24. The van der Waals surface area contributed by atoms with Crippen LogP contribution in [0.4, 0.5) is 0 Å². The van der Waals surface area contributed by atoms with Crippen molar-refractivity contribution >= 4 is 17.3 Å². The van der Waals surface area contributed by atoms with Gasteiger partial charge in [0.2, 0.25) is 0 Å². The lowest BCUT2D eigenvalue weighted by atomic mass is 9.91. The van der Waals surface area contributed by atoms with E-state index in [9.17, 15) is 4.79 Å². The number of nitrogens with one attached hydrogen (secondary N) is 1. The highest BCUT2D eigenvalue weighted by molar-refractivity contribution is 7.10. The molecule has 0 saturated carbocycles. The molecule has 1 N–H and O–H groups in total. The van der Waals surface area contributed by atoms with Gasteiger partial charge in [-0.25, -0.2) is 4.79 Å². The van der Waals surface area contributed by atoms with Gasteiger partial charge in [-0.15, -0.1) is 11.3 Å². The van der Waals surface area contributed by atoms with Gasteiger partial charge in [-0.1, -0.05) is 0 Å². The summed E-state index contributed by atoms with van der Waals surface area (Å²) in [7, 11) is 0. The van der Waals surface area contributed by atoms with Crippen LogP contribution in [0, 0.1) is 0 Å². The molecule has 2 rings (SSSR count). The van der Waals surface area contributed by atoms with Gasteiger partial charge < -0.3 is 10.1 Å². The Labute approximate surface area is 99.8 Å². The van der Waals surface area contributed by atoms with E-state index < -0.39 is 0 Å². The monoisotopic (exact) mass is 239 g/mol. The summed E-state index contributed by atoms with van der Waals surface area (Å²) in [5.41, 5.74) is 1.91. The molecule has 1 aliphatic heterocycles. The molecule has 1 aromatic heterocycles. The first kappa shape index (κ1) is 11.6. The van der Waals surface area contributed by atoms with Crippen LogP contribution >= 0.6 is 11.3 Å². The molecule has 1 aliphatic rings. The Morgan fingerprint density at radius 3 is 3.06 bits per heavy atom. The Morgan fingerprint density at radius 1 is 1.62 bits per heavy atom. The molecule has 0 aliphatic carbocycles. The molecule has 0 spiro atoms. The maximum atomic E-state index is 11.8. The van der Waals surface area contributed by atoms with Crippen molar-refractivity contribution in [2.45, 2.75) is 32.7 Å². The molecule has 0 saturated heterocycles. The van der Waals surface area contributed by atoms with Gasteiger partial charge in [0.1, 0.15) is 0 Å². The number of thiophene rings is 1. The fourth-order valence-corrected chi connectivity index (χ4v) is 3.31. The van der Waals surface area contributed by atoms with Gasteiger partial charge in [0.05, 0.1) is 12.2 Å². The fraction of sp³-hybridized carbons (Fsp3) is 0.583. The predicted molar refractivity (Wildman–Crippen MR) is 65.0 cm³/mol. The lowest BCUT2D eigenvalue weighted by molar-refractivity contribution is 0.0525. The molecule has 0 atom stereocenters. The van der Waals surface area contributed by atoms with E-state index in [1.165, 1.54) is 10.4 Å². The first-order chi connectivity index (χ1) is 7.56. The third kappa shape index (κ3) is 1.87.